The van der Waals surface area contributed by atoms with Crippen LogP contribution < -0.4 is 16.0 Å². The molecule has 0 saturated heterocycles. The lowest BCUT2D eigenvalue weighted by molar-refractivity contribution is -0.122. The van der Waals surface area contributed by atoms with Crippen LogP contribution in [0.3, 0.4) is 0 Å². The van der Waals surface area contributed by atoms with E-state index in [2.05, 4.69) is 22.0 Å². The Labute approximate surface area is 125 Å². The van der Waals surface area contributed by atoms with E-state index in [0.29, 0.717) is 19.4 Å². The Morgan fingerprint density at radius 3 is 2.81 bits per heavy atom. The minimum absolute atomic E-state index is 0.00384. The lowest BCUT2D eigenvalue weighted by atomic mass is 9.97. The molecule has 1 heterocycles. The molecule has 2 amide bonds. The number of hydrogen-bond acceptors (Lipinski definition) is 3. The van der Waals surface area contributed by atoms with Crippen LogP contribution in [0.1, 0.15) is 38.2 Å². The van der Waals surface area contributed by atoms with Crippen molar-refractivity contribution < 1.29 is 9.59 Å². The van der Waals surface area contributed by atoms with Crippen LogP contribution >= 0.6 is 0 Å². The third-order valence-electron chi connectivity index (χ3n) is 3.50. The van der Waals surface area contributed by atoms with Crippen LogP contribution in [0.25, 0.3) is 0 Å². The molecule has 2 rings (SSSR count). The highest BCUT2D eigenvalue weighted by atomic mass is 16.2. The van der Waals surface area contributed by atoms with Crippen LogP contribution in [0.2, 0.25) is 0 Å². The molecule has 5 heteroatoms. The van der Waals surface area contributed by atoms with Gasteiger partial charge in [0.15, 0.2) is 0 Å². The van der Waals surface area contributed by atoms with Crippen LogP contribution in [0.5, 0.6) is 0 Å². The average Bonchev–Trinajstić information content (AvgIpc) is 2.81. The molecule has 0 aliphatic carbocycles. The van der Waals surface area contributed by atoms with Crippen molar-refractivity contribution in [2.45, 2.75) is 38.6 Å². The molecule has 1 aliphatic heterocycles. The molecule has 1 aromatic carbocycles. The second-order valence-electron chi connectivity index (χ2n) is 5.69. The van der Waals surface area contributed by atoms with Crippen molar-refractivity contribution in [2.24, 2.45) is 0 Å². The van der Waals surface area contributed by atoms with Gasteiger partial charge in [-0.3, -0.25) is 9.59 Å². The molecule has 0 bridgehead atoms. The van der Waals surface area contributed by atoms with E-state index in [1.54, 1.807) is 0 Å². The van der Waals surface area contributed by atoms with E-state index in [1.165, 1.54) is 5.56 Å². The van der Waals surface area contributed by atoms with E-state index in [9.17, 15) is 9.59 Å². The molecule has 0 saturated carbocycles. The Morgan fingerprint density at radius 1 is 1.29 bits per heavy atom. The molecule has 3 N–H and O–H groups in total. The summed E-state index contributed by atoms with van der Waals surface area (Å²) in [5, 5.41) is 8.93. The number of amides is 2. The Balaban J connectivity index is 1.72. The van der Waals surface area contributed by atoms with E-state index < -0.39 is 0 Å². The quantitative estimate of drug-likeness (QED) is 0.745. The molecule has 0 spiro atoms. The van der Waals surface area contributed by atoms with Gasteiger partial charge in [0, 0.05) is 43.6 Å². The molecule has 0 aromatic heterocycles. The predicted molar refractivity (Wildman–Crippen MR) is 83.2 cm³/mol. The van der Waals surface area contributed by atoms with Gasteiger partial charge in [-0.1, -0.05) is 18.2 Å². The number of nitrogens with one attached hydrogen (secondary N) is 3. The van der Waals surface area contributed by atoms with Crippen molar-refractivity contribution in [3.63, 3.8) is 0 Å². The van der Waals surface area contributed by atoms with Gasteiger partial charge in [0.1, 0.15) is 0 Å². The maximum atomic E-state index is 11.9. The van der Waals surface area contributed by atoms with Gasteiger partial charge in [-0.2, -0.15) is 0 Å². The highest BCUT2D eigenvalue weighted by molar-refractivity contribution is 5.80. The standard InChI is InChI=1S/C16H23N3O2/c1-11(2)19-15(20)7-8-17-16(21)9-12-10-18-14-6-4-3-5-13(12)14/h3-6,11-12,18H,7-10H2,1-2H3,(H,17,21)(H,19,20). The van der Waals surface area contributed by atoms with Crippen LogP contribution in [0.4, 0.5) is 5.69 Å². The SMILES string of the molecule is CC(C)NC(=O)CCNC(=O)CC1CNc2ccccc21. The second kappa shape index (κ2) is 7.11. The topological polar surface area (TPSA) is 70.2 Å². The first-order chi connectivity index (χ1) is 10.1. The second-order valence-corrected chi connectivity index (χ2v) is 5.69. The monoisotopic (exact) mass is 289 g/mol. The van der Waals surface area contributed by atoms with Gasteiger partial charge in [-0.25, -0.2) is 0 Å². The maximum absolute atomic E-state index is 11.9. The lowest BCUT2D eigenvalue weighted by Gasteiger charge is -2.11. The molecule has 114 valence electrons. The van der Waals surface area contributed by atoms with Crippen molar-refractivity contribution in [3.05, 3.63) is 29.8 Å². The molecule has 0 radical (unpaired) electrons. The van der Waals surface area contributed by atoms with Crippen molar-refractivity contribution in [1.29, 1.82) is 0 Å². The Kier molecular flexibility index (Phi) is 5.20. The molecule has 1 aromatic rings. The molecule has 1 unspecified atom stereocenters. The Morgan fingerprint density at radius 2 is 2.05 bits per heavy atom. The first-order valence-electron chi connectivity index (χ1n) is 7.45. The Hall–Kier alpha value is -2.04. The number of benzene rings is 1. The summed E-state index contributed by atoms with van der Waals surface area (Å²) in [6, 6.07) is 8.20. The van der Waals surface area contributed by atoms with Crippen molar-refractivity contribution >= 4 is 17.5 Å². The number of anilines is 1. The van der Waals surface area contributed by atoms with Crippen LogP contribution in [-0.2, 0) is 9.59 Å². The maximum Gasteiger partial charge on any atom is 0.221 e. The number of para-hydroxylation sites is 1. The van der Waals surface area contributed by atoms with Gasteiger partial charge in [0.25, 0.3) is 0 Å². The molecule has 21 heavy (non-hydrogen) atoms. The smallest absolute Gasteiger partial charge is 0.221 e. The highest BCUT2D eigenvalue weighted by Crippen LogP contribution is 2.32. The molecular weight excluding hydrogens is 266 g/mol. The number of rotatable bonds is 6. The van der Waals surface area contributed by atoms with Crippen LogP contribution in [0, 0.1) is 0 Å². The fraction of sp³-hybridized carbons (Fsp3) is 0.500. The van der Waals surface area contributed by atoms with E-state index in [-0.39, 0.29) is 23.8 Å². The van der Waals surface area contributed by atoms with Gasteiger partial charge in [0.05, 0.1) is 0 Å². The molecular formula is C16H23N3O2. The van der Waals surface area contributed by atoms with E-state index >= 15 is 0 Å². The van der Waals surface area contributed by atoms with Gasteiger partial charge < -0.3 is 16.0 Å². The summed E-state index contributed by atoms with van der Waals surface area (Å²) in [7, 11) is 0. The van der Waals surface area contributed by atoms with Crippen LogP contribution in [0.15, 0.2) is 24.3 Å². The number of hydrogen-bond donors (Lipinski definition) is 3. The summed E-state index contributed by atoms with van der Waals surface area (Å²) in [5.74, 6) is 0.180. The lowest BCUT2D eigenvalue weighted by Crippen LogP contribution is -2.34. The summed E-state index contributed by atoms with van der Waals surface area (Å²) in [6.45, 7) is 5.02. The molecule has 1 atom stereocenters. The highest BCUT2D eigenvalue weighted by Gasteiger charge is 2.23. The zero-order valence-corrected chi connectivity index (χ0v) is 12.6. The minimum Gasteiger partial charge on any atom is -0.384 e. The van der Waals surface area contributed by atoms with Gasteiger partial charge in [-0.05, 0) is 25.5 Å². The fourth-order valence-electron chi connectivity index (χ4n) is 2.54. The number of fused-ring (bicyclic) bond motifs is 1. The van der Waals surface area contributed by atoms with Gasteiger partial charge in [-0.15, -0.1) is 0 Å². The van der Waals surface area contributed by atoms with Crippen molar-refractivity contribution in [3.8, 4) is 0 Å². The summed E-state index contributed by atoms with van der Waals surface area (Å²) in [5.41, 5.74) is 2.32. The van der Waals surface area contributed by atoms with E-state index in [4.69, 9.17) is 0 Å². The third kappa shape index (κ3) is 4.48. The average molecular weight is 289 g/mol. The summed E-state index contributed by atoms with van der Waals surface area (Å²) in [6.07, 6.45) is 0.777. The third-order valence-corrected chi connectivity index (χ3v) is 3.50. The Bertz CT molecular complexity index is 514. The molecule has 0 fully saturated rings. The zero-order valence-electron chi connectivity index (χ0n) is 12.6. The first-order valence-corrected chi connectivity index (χ1v) is 7.45. The largest absolute Gasteiger partial charge is 0.384 e. The predicted octanol–water partition coefficient (Wildman–Crippen LogP) is 1.62. The zero-order chi connectivity index (χ0) is 15.2. The van der Waals surface area contributed by atoms with Crippen molar-refractivity contribution in [2.75, 3.05) is 18.4 Å². The summed E-state index contributed by atoms with van der Waals surface area (Å²) < 4.78 is 0. The minimum atomic E-state index is -0.0295. The number of carbonyl (C=O) groups is 2. The van der Waals surface area contributed by atoms with Gasteiger partial charge >= 0.3 is 0 Å². The van der Waals surface area contributed by atoms with Crippen molar-refractivity contribution in [1.82, 2.24) is 10.6 Å². The summed E-state index contributed by atoms with van der Waals surface area (Å²) >= 11 is 0. The summed E-state index contributed by atoms with van der Waals surface area (Å²) in [4.78, 5) is 23.4. The molecule has 5 nitrogen and oxygen atoms in total. The van der Waals surface area contributed by atoms with E-state index in [1.807, 2.05) is 32.0 Å². The fourth-order valence-corrected chi connectivity index (χ4v) is 2.54. The van der Waals surface area contributed by atoms with Gasteiger partial charge in [0.2, 0.25) is 11.8 Å². The number of carbonyl (C=O) groups excluding carboxylic acids is 2. The van der Waals surface area contributed by atoms with E-state index in [0.717, 1.165) is 12.2 Å². The first kappa shape index (κ1) is 15.4. The van der Waals surface area contributed by atoms with Crippen LogP contribution in [-0.4, -0.2) is 30.9 Å². The molecule has 1 aliphatic rings. The normalized spacial score (nSPS) is 16.2.